The summed E-state index contributed by atoms with van der Waals surface area (Å²) in [5, 5.41) is 0.538. The first-order valence-electron chi connectivity index (χ1n) is 4.39. The van der Waals surface area contributed by atoms with E-state index in [0.29, 0.717) is 16.7 Å². The fraction of sp³-hybridized carbons (Fsp3) is 0.200. The monoisotopic (exact) mass is 204 g/mol. The molecule has 1 aromatic carbocycles. The van der Waals surface area contributed by atoms with Crippen molar-refractivity contribution < 1.29 is 8.78 Å². The van der Waals surface area contributed by atoms with Gasteiger partial charge in [-0.3, -0.25) is 0 Å². The normalized spacial score (nSPS) is 11.2. The molecule has 5 heteroatoms. The van der Waals surface area contributed by atoms with Crippen molar-refractivity contribution in [3.8, 4) is 0 Å². The van der Waals surface area contributed by atoms with E-state index in [1.165, 1.54) is 18.3 Å². The van der Waals surface area contributed by atoms with Gasteiger partial charge in [-0.25, -0.2) is 18.7 Å². The lowest BCUT2D eigenvalue weighted by Crippen LogP contribution is -2.08. The smallest absolute Gasteiger partial charge is 0.241 e. The Hall–Kier alpha value is -1.52. The van der Waals surface area contributed by atoms with Gasteiger partial charge in [0.05, 0.1) is 5.52 Å². The molecule has 0 N–H and O–H groups in total. The average Bonchev–Trinajstić information content (AvgIpc) is 2.18. The second-order valence-electron chi connectivity index (χ2n) is 3.27. The first-order valence-corrected chi connectivity index (χ1v) is 4.39. The zero-order valence-corrected chi connectivity index (χ0v) is 8.04. The van der Waals surface area contributed by atoms with Crippen LogP contribution in [0, 0.1) is 6.92 Å². The van der Waals surface area contributed by atoms with E-state index in [-0.39, 0.29) is 11.0 Å². The number of benzene rings is 1. The van der Waals surface area contributed by atoms with Crippen molar-refractivity contribution in [2.45, 2.75) is 13.3 Å². The Morgan fingerprint density at radius 2 is 2.07 bits per heavy atom. The maximum atomic E-state index is 12.5. The number of fused-ring (bicyclic) bond motifs is 1. The Morgan fingerprint density at radius 3 is 2.73 bits per heavy atom. The van der Waals surface area contributed by atoms with E-state index in [1.807, 2.05) is 0 Å². The third kappa shape index (κ3) is 1.82. The summed E-state index contributed by atoms with van der Waals surface area (Å²) in [5.41, 5.74) is 0.674. The van der Waals surface area contributed by atoms with E-state index in [4.69, 9.17) is 7.85 Å². The molecular formula is C10H7BF2N2. The standard InChI is InChI=1S/C10H7BF2N2/c1-5-14-4-7-2-6(10(12)13)3-8(11)9(7)15-5/h2-4,10H,1H3. The molecule has 74 valence electrons. The molecule has 15 heavy (non-hydrogen) atoms. The van der Waals surface area contributed by atoms with Crippen molar-refractivity contribution in [3.05, 3.63) is 29.7 Å². The van der Waals surface area contributed by atoms with E-state index in [0.717, 1.165) is 0 Å². The van der Waals surface area contributed by atoms with Gasteiger partial charge in [-0.1, -0.05) is 11.5 Å². The molecule has 0 bridgehead atoms. The zero-order chi connectivity index (χ0) is 11.0. The predicted octanol–water partition coefficient (Wildman–Crippen LogP) is 1.67. The number of halogens is 2. The summed E-state index contributed by atoms with van der Waals surface area (Å²) in [4.78, 5) is 8.03. The van der Waals surface area contributed by atoms with Gasteiger partial charge in [0.2, 0.25) is 0 Å². The molecule has 2 nitrogen and oxygen atoms in total. The van der Waals surface area contributed by atoms with E-state index in [2.05, 4.69) is 9.97 Å². The van der Waals surface area contributed by atoms with Crippen LogP contribution in [-0.4, -0.2) is 17.8 Å². The number of rotatable bonds is 1. The second kappa shape index (κ2) is 3.57. The summed E-state index contributed by atoms with van der Waals surface area (Å²) < 4.78 is 24.9. The summed E-state index contributed by atoms with van der Waals surface area (Å²) in [6, 6.07) is 2.61. The van der Waals surface area contributed by atoms with Crippen LogP contribution < -0.4 is 5.46 Å². The molecule has 0 aliphatic carbocycles. The SMILES string of the molecule is [B]c1cc(C(F)F)cc2cnc(C)nc12. The number of aryl methyl sites for hydroxylation is 1. The van der Waals surface area contributed by atoms with Gasteiger partial charge in [0.15, 0.2) is 0 Å². The fourth-order valence-electron chi connectivity index (χ4n) is 1.41. The maximum absolute atomic E-state index is 12.5. The molecule has 0 saturated carbocycles. The quantitative estimate of drug-likeness (QED) is 0.660. The lowest BCUT2D eigenvalue weighted by molar-refractivity contribution is 0.151. The molecule has 0 fully saturated rings. The second-order valence-corrected chi connectivity index (χ2v) is 3.27. The Balaban J connectivity index is 2.73. The van der Waals surface area contributed by atoms with Crippen LogP contribution in [0.5, 0.6) is 0 Å². The first-order chi connectivity index (χ1) is 7.08. The lowest BCUT2D eigenvalue weighted by atomic mass is 9.91. The van der Waals surface area contributed by atoms with Crippen molar-refractivity contribution >= 4 is 24.2 Å². The van der Waals surface area contributed by atoms with Crippen molar-refractivity contribution in [1.29, 1.82) is 0 Å². The van der Waals surface area contributed by atoms with E-state index >= 15 is 0 Å². The van der Waals surface area contributed by atoms with Crippen LogP contribution in [0.4, 0.5) is 8.78 Å². The van der Waals surface area contributed by atoms with Crippen molar-refractivity contribution in [2.24, 2.45) is 0 Å². The molecule has 0 aliphatic heterocycles. The van der Waals surface area contributed by atoms with Gasteiger partial charge in [0.1, 0.15) is 13.7 Å². The third-order valence-electron chi connectivity index (χ3n) is 2.11. The van der Waals surface area contributed by atoms with Crippen LogP contribution in [0.15, 0.2) is 18.3 Å². The molecule has 2 radical (unpaired) electrons. The minimum atomic E-state index is -2.53. The molecule has 2 aromatic rings. The van der Waals surface area contributed by atoms with Gasteiger partial charge in [0, 0.05) is 17.1 Å². The minimum absolute atomic E-state index is 0.104. The number of alkyl halides is 2. The van der Waals surface area contributed by atoms with Crippen molar-refractivity contribution in [1.82, 2.24) is 9.97 Å². The summed E-state index contributed by atoms with van der Waals surface area (Å²) in [6.07, 6.45) is -1.03. The lowest BCUT2D eigenvalue weighted by Gasteiger charge is -2.06. The van der Waals surface area contributed by atoms with Crippen LogP contribution >= 0.6 is 0 Å². The van der Waals surface area contributed by atoms with E-state index in [1.54, 1.807) is 6.92 Å². The summed E-state index contributed by atoms with van der Waals surface area (Å²) >= 11 is 0. The Labute approximate surface area is 86.8 Å². The van der Waals surface area contributed by atoms with Crippen LogP contribution in [0.1, 0.15) is 17.8 Å². The van der Waals surface area contributed by atoms with Gasteiger partial charge in [-0.05, 0) is 13.0 Å². The highest BCUT2D eigenvalue weighted by Gasteiger charge is 2.10. The van der Waals surface area contributed by atoms with Gasteiger partial charge >= 0.3 is 0 Å². The highest BCUT2D eigenvalue weighted by atomic mass is 19.3. The Kier molecular flexibility index (Phi) is 2.38. The molecule has 1 aromatic heterocycles. The highest BCUT2D eigenvalue weighted by molar-refractivity contribution is 6.38. The Bertz CT molecular complexity index is 514. The molecule has 0 atom stereocenters. The van der Waals surface area contributed by atoms with Crippen molar-refractivity contribution in [3.63, 3.8) is 0 Å². The average molecular weight is 204 g/mol. The number of hydrogen-bond donors (Lipinski definition) is 0. The number of hydrogen-bond acceptors (Lipinski definition) is 2. The minimum Gasteiger partial charge on any atom is -0.241 e. The van der Waals surface area contributed by atoms with E-state index < -0.39 is 6.43 Å². The summed E-state index contributed by atoms with van der Waals surface area (Å²) in [7, 11) is 5.64. The molecule has 1 heterocycles. The van der Waals surface area contributed by atoms with Crippen LogP contribution in [0.2, 0.25) is 0 Å². The van der Waals surface area contributed by atoms with Crippen LogP contribution in [0.25, 0.3) is 10.9 Å². The fourth-order valence-corrected chi connectivity index (χ4v) is 1.41. The molecule has 0 spiro atoms. The molecular weight excluding hydrogens is 197 g/mol. The molecule has 0 amide bonds. The number of nitrogens with zero attached hydrogens (tertiary/aromatic N) is 2. The molecule has 0 aliphatic rings. The van der Waals surface area contributed by atoms with Gasteiger partial charge in [0.25, 0.3) is 6.43 Å². The summed E-state index contributed by atoms with van der Waals surface area (Å²) in [5.74, 6) is 0.569. The largest absolute Gasteiger partial charge is 0.263 e. The first kappa shape index (κ1) is 10.0. The van der Waals surface area contributed by atoms with Crippen LogP contribution in [-0.2, 0) is 0 Å². The topological polar surface area (TPSA) is 25.8 Å². The van der Waals surface area contributed by atoms with Gasteiger partial charge < -0.3 is 0 Å². The highest BCUT2D eigenvalue weighted by Crippen LogP contribution is 2.20. The zero-order valence-electron chi connectivity index (χ0n) is 8.04. The Morgan fingerprint density at radius 1 is 1.33 bits per heavy atom. The number of aromatic nitrogens is 2. The predicted molar refractivity (Wildman–Crippen MR) is 54.6 cm³/mol. The molecule has 2 rings (SSSR count). The third-order valence-corrected chi connectivity index (χ3v) is 2.11. The molecule has 0 saturated heterocycles. The molecule has 0 unspecified atom stereocenters. The van der Waals surface area contributed by atoms with Gasteiger partial charge in [-0.2, -0.15) is 0 Å². The van der Waals surface area contributed by atoms with E-state index in [9.17, 15) is 8.78 Å². The summed E-state index contributed by atoms with van der Waals surface area (Å²) in [6.45, 7) is 1.72. The van der Waals surface area contributed by atoms with Crippen molar-refractivity contribution in [2.75, 3.05) is 0 Å². The van der Waals surface area contributed by atoms with Crippen LogP contribution in [0.3, 0.4) is 0 Å². The van der Waals surface area contributed by atoms with Gasteiger partial charge in [-0.15, -0.1) is 0 Å². The maximum Gasteiger partial charge on any atom is 0.263 e.